The van der Waals surface area contributed by atoms with E-state index >= 15 is 0 Å². The van der Waals surface area contributed by atoms with E-state index in [-0.39, 0.29) is 11.0 Å². The molecule has 0 bridgehead atoms. The molecule has 1 aliphatic rings. The fraction of sp³-hybridized carbons (Fsp3) is 0.353. The summed E-state index contributed by atoms with van der Waals surface area (Å²) in [7, 11) is 2.05. The Bertz CT molecular complexity index is 628. The van der Waals surface area contributed by atoms with E-state index in [1.54, 1.807) is 6.07 Å². The third-order valence-electron chi connectivity index (χ3n) is 4.14. The number of nitrogens with zero attached hydrogens (tertiary/aromatic N) is 1. The minimum Gasteiger partial charge on any atom is -0.478 e. The van der Waals surface area contributed by atoms with Crippen molar-refractivity contribution in [3.63, 3.8) is 0 Å². The maximum atomic E-state index is 10.9. The second-order valence-corrected chi connectivity index (χ2v) is 5.93. The first kappa shape index (κ1) is 13.9. The Morgan fingerprint density at radius 2 is 2.05 bits per heavy atom. The quantitative estimate of drug-likeness (QED) is 0.886. The molecule has 1 saturated carbocycles. The van der Waals surface area contributed by atoms with Crippen LogP contribution in [0.5, 0.6) is 0 Å². The Kier molecular flexibility index (Phi) is 3.55. The molecule has 0 radical (unpaired) electrons. The van der Waals surface area contributed by atoms with Gasteiger partial charge in [0, 0.05) is 12.0 Å². The topological polar surface area (TPSA) is 53.7 Å². The number of likely N-dealkylation sites (N-methyl/N-ethyl adjacent to an activating group) is 1. The molecule has 0 saturated heterocycles. The monoisotopic (exact) mass is 285 g/mol. The predicted octanol–water partition coefficient (Wildman–Crippen LogP) is 3.14. The van der Waals surface area contributed by atoms with Crippen molar-refractivity contribution in [3.8, 4) is 0 Å². The Hall–Kier alpha value is -2.07. The maximum absolute atomic E-state index is 10.9. The highest BCUT2D eigenvalue weighted by Crippen LogP contribution is 2.48. The van der Waals surface area contributed by atoms with Gasteiger partial charge in [-0.2, -0.15) is 0 Å². The van der Waals surface area contributed by atoms with Crippen LogP contribution in [0.1, 0.15) is 34.5 Å². The summed E-state index contributed by atoms with van der Waals surface area (Å²) in [5.41, 5.74) is 1.86. The summed E-state index contributed by atoms with van der Waals surface area (Å²) < 4.78 is 5.31. The van der Waals surface area contributed by atoms with Crippen LogP contribution in [0.4, 0.5) is 0 Å². The lowest BCUT2D eigenvalue weighted by atomic mass is 9.95. The molecule has 4 heteroatoms. The first-order chi connectivity index (χ1) is 10.1. The number of hydrogen-bond acceptors (Lipinski definition) is 3. The third-order valence-corrected chi connectivity index (χ3v) is 4.14. The summed E-state index contributed by atoms with van der Waals surface area (Å²) in [6.45, 7) is 1.59. The summed E-state index contributed by atoms with van der Waals surface area (Å²) in [6, 6.07) is 12.2. The number of carboxylic acids is 1. The van der Waals surface area contributed by atoms with Crippen molar-refractivity contribution in [3.05, 3.63) is 59.5 Å². The Morgan fingerprint density at radius 3 is 2.62 bits per heavy atom. The number of benzene rings is 1. The summed E-state index contributed by atoms with van der Waals surface area (Å²) >= 11 is 0. The van der Waals surface area contributed by atoms with Gasteiger partial charge in [0.1, 0.15) is 12.0 Å². The first-order valence-electron chi connectivity index (χ1n) is 7.14. The molecule has 1 fully saturated rings. The predicted molar refractivity (Wildman–Crippen MR) is 79.4 cm³/mol. The van der Waals surface area contributed by atoms with Crippen LogP contribution in [0.3, 0.4) is 0 Å². The largest absolute Gasteiger partial charge is 0.478 e. The molecule has 1 aliphatic carbocycles. The lowest BCUT2D eigenvalue weighted by Gasteiger charge is -2.23. The van der Waals surface area contributed by atoms with Gasteiger partial charge in [-0.05, 0) is 31.5 Å². The van der Waals surface area contributed by atoms with Crippen LogP contribution in [0.15, 0.2) is 47.1 Å². The lowest BCUT2D eigenvalue weighted by Crippen LogP contribution is -2.28. The van der Waals surface area contributed by atoms with Gasteiger partial charge in [0.15, 0.2) is 0 Å². The van der Waals surface area contributed by atoms with Gasteiger partial charge >= 0.3 is 5.97 Å². The highest BCUT2D eigenvalue weighted by Gasteiger charge is 2.44. The molecule has 0 aliphatic heterocycles. The summed E-state index contributed by atoms with van der Waals surface area (Å²) in [5, 5.41) is 8.90. The Labute approximate surface area is 124 Å². The van der Waals surface area contributed by atoms with Crippen LogP contribution >= 0.6 is 0 Å². The van der Waals surface area contributed by atoms with Gasteiger partial charge in [-0.1, -0.05) is 30.3 Å². The standard InChI is InChI=1S/C17H19NO3/c1-18(10-15-9-13(11-21-15)16(19)20)12-17(7-8-17)14-5-3-2-4-6-14/h2-6,9,11H,7-8,10,12H2,1H3,(H,19,20). The van der Waals surface area contributed by atoms with Gasteiger partial charge in [-0.3, -0.25) is 4.90 Å². The molecule has 0 spiro atoms. The van der Waals surface area contributed by atoms with E-state index in [9.17, 15) is 4.79 Å². The minimum absolute atomic E-state index is 0.211. The van der Waals surface area contributed by atoms with Crippen molar-refractivity contribution < 1.29 is 14.3 Å². The Balaban J connectivity index is 1.64. The molecule has 1 aromatic heterocycles. The number of aromatic carboxylic acids is 1. The zero-order valence-corrected chi connectivity index (χ0v) is 12.1. The van der Waals surface area contributed by atoms with Crippen LogP contribution in [0.25, 0.3) is 0 Å². The van der Waals surface area contributed by atoms with Crippen molar-refractivity contribution in [2.45, 2.75) is 24.8 Å². The van der Waals surface area contributed by atoms with Gasteiger partial charge in [0.2, 0.25) is 0 Å². The van der Waals surface area contributed by atoms with Crippen molar-refractivity contribution in [1.82, 2.24) is 4.90 Å². The molecule has 0 unspecified atom stereocenters. The van der Waals surface area contributed by atoms with Gasteiger partial charge in [-0.25, -0.2) is 4.79 Å². The van der Waals surface area contributed by atoms with Gasteiger partial charge in [0.25, 0.3) is 0 Å². The molecule has 0 amide bonds. The van der Waals surface area contributed by atoms with Crippen LogP contribution in [0.2, 0.25) is 0 Å². The van der Waals surface area contributed by atoms with Crippen molar-refractivity contribution in [2.75, 3.05) is 13.6 Å². The molecule has 4 nitrogen and oxygen atoms in total. The van der Waals surface area contributed by atoms with Crippen LogP contribution in [-0.2, 0) is 12.0 Å². The molecule has 1 heterocycles. The highest BCUT2D eigenvalue weighted by molar-refractivity contribution is 5.87. The van der Waals surface area contributed by atoms with E-state index in [0.29, 0.717) is 12.3 Å². The zero-order valence-electron chi connectivity index (χ0n) is 12.1. The van der Waals surface area contributed by atoms with Gasteiger partial charge in [-0.15, -0.1) is 0 Å². The molecule has 2 aromatic rings. The maximum Gasteiger partial charge on any atom is 0.338 e. The number of rotatable bonds is 6. The number of furan rings is 1. The third kappa shape index (κ3) is 3.00. The number of hydrogen-bond donors (Lipinski definition) is 1. The van der Waals surface area contributed by atoms with Crippen molar-refractivity contribution in [2.24, 2.45) is 0 Å². The normalized spacial score (nSPS) is 16.1. The average molecular weight is 285 g/mol. The van der Waals surface area contributed by atoms with E-state index in [4.69, 9.17) is 9.52 Å². The minimum atomic E-state index is -0.949. The summed E-state index contributed by atoms with van der Waals surface area (Å²) in [6.07, 6.45) is 3.72. The SMILES string of the molecule is CN(Cc1cc(C(=O)O)co1)CC1(c2ccccc2)CC1. The fourth-order valence-electron chi connectivity index (χ4n) is 2.89. The Morgan fingerprint density at radius 1 is 1.33 bits per heavy atom. The van der Waals surface area contributed by atoms with Gasteiger partial charge in [0.05, 0.1) is 12.1 Å². The molecular weight excluding hydrogens is 266 g/mol. The second kappa shape index (κ2) is 5.37. The van der Waals surface area contributed by atoms with Gasteiger partial charge < -0.3 is 9.52 Å². The number of carboxylic acid groups (broad SMARTS) is 1. The zero-order chi connectivity index (χ0) is 14.9. The molecule has 0 atom stereocenters. The van der Waals surface area contributed by atoms with E-state index in [0.717, 1.165) is 6.54 Å². The van der Waals surface area contributed by atoms with Crippen molar-refractivity contribution >= 4 is 5.97 Å². The molecule has 1 aromatic carbocycles. The van der Waals surface area contributed by atoms with Crippen LogP contribution < -0.4 is 0 Å². The molecule has 110 valence electrons. The van der Waals surface area contributed by atoms with E-state index in [1.165, 1.54) is 24.7 Å². The van der Waals surface area contributed by atoms with Crippen LogP contribution in [-0.4, -0.2) is 29.6 Å². The number of carbonyl (C=O) groups is 1. The smallest absolute Gasteiger partial charge is 0.338 e. The summed E-state index contributed by atoms with van der Waals surface area (Å²) in [4.78, 5) is 13.0. The highest BCUT2D eigenvalue weighted by atomic mass is 16.4. The molecular formula is C17H19NO3. The van der Waals surface area contributed by atoms with E-state index in [1.807, 2.05) is 13.1 Å². The van der Waals surface area contributed by atoms with E-state index < -0.39 is 5.97 Å². The van der Waals surface area contributed by atoms with E-state index in [2.05, 4.69) is 29.2 Å². The summed E-state index contributed by atoms with van der Waals surface area (Å²) in [5.74, 6) is -0.255. The average Bonchev–Trinajstić information content (AvgIpc) is 3.09. The lowest BCUT2D eigenvalue weighted by molar-refractivity contribution is 0.0696. The van der Waals surface area contributed by atoms with Crippen LogP contribution in [0, 0.1) is 0 Å². The molecule has 1 N–H and O–H groups in total. The molecule has 21 heavy (non-hydrogen) atoms. The second-order valence-electron chi connectivity index (χ2n) is 5.93. The fourth-order valence-corrected chi connectivity index (χ4v) is 2.89. The van der Waals surface area contributed by atoms with Crippen molar-refractivity contribution in [1.29, 1.82) is 0 Å². The first-order valence-corrected chi connectivity index (χ1v) is 7.14. The molecule has 3 rings (SSSR count).